The van der Waals surface area contributed by atoms with Gasteiger partial charge in [0.1, 0.15) is 5.60 Å². The molecule has 0 saturated heterocycles. The molecule has 0 radical (unpaired) electrons. The molecule has 4 nitrogen and oxygen atoms in total. The summed E-state index contributed by atoms with van der Waals surface area (Å²) in [5.74, 6) is -1.38. The Hall–Kier alpha value is -0.970. The second-order valence-electron chi connectivity index (χ2n) is 9.58. The first-order valence-corrected chi connectivity index (χ1v) is 9.54. The molecule has 2 fully saturated rings. The molecule has 0 aromatic rings. The Kier molecular flexibility index (Phi) is 3.24. The van der Waals surface area contributed by atoms with Crippen molar-refractivity contribution in [3.05, 3.63) is 23.3 Å². The van der Waals surface area contributed by atoms with Crippen LogP contribution in [0.25, 0.3) is 0 Å². The minimum absolute atomic E-state index is 0.0468. The lowest BCUT2D eigenvalue weighted by Gasteiger charge is -2.50. The molecule has 0 spiro atoms. The molecule has 0 bridgehead atoms. The molecular formula is C21H30O4. The summed E-state index contributed by atoms with van der Waals surface area (Å²) in [5, 5.41) is 34.5. The molecule has 4 aliphatic carbocycles. The van der Waals surface area contributed by atoms with Crippen LogP contribution in [0.1, 0.15) is 53.9 Å². The van der Waals surface area contributed by atoms with E-state index in [0.29, 0.717) is 12.0 Å². The summed E-state index contributed by atoms with van der Waals surface area (Å²) >= 11 is 0. The van der Waals surface area contributed by atoms with Crippen LogP contribution in [0.2, 0.25) is 0 Å². The quantitative estimate of drug-likeness (QED) is 0.637. The average molecular weight is 346 g/mol. The first-order chi connectivity index (χ1) is 11.4. The van der Waals surface area contributed by atoms with Crippen molar-refractivity contribution in [1.82, 2.24) is 0 Å². The number of hydrogen-bond donors (Lipinski definition) is 3. The zero-order valence-corrected chi connectivity index (χ0v) is 15.8. The number of hydrogen-bond acceptors (Lipinski definition) is 4. The zero-order valence-electron chi connectivity index (χ0n) is 15.8. The first kappa shape index (κ1) is 17.4. The van der Waals surface area contributed by atoms with E-state index < -0.39 is 22.7 Å². The van der Waals surface area contributed by atoms with Gasteiger partial charge >= 0.3 is 0 Å². The summed E-state index contributed by atoms with van der Waals surface area (Å²) in [6, 6.07) is 0. The van der Waals surface area contributed by atoms with Gasteiger partial charge in [-0.25, -0.2) is 0 Å². The van der Waals surface area contributed by atoms with Crippen molar-refractivity contribution in [1.29, 1.82) is 0 Å². The van der Waals surface area contributed by atoms with Crippen molar-refractivity contribution >= 4 is 5.78 Å². The fourth-order valence-corrected chi connectivity index (χ4v) is 6.53. The van der Waals surface area contributed by atoms with Crippen LogP contribution >= 0.6 is 0 Å². The number of fused-ring (bicyclic) bond motifs is 5. The summed E-state index contributed by atoms with van der Waals surface area (Å²) in [6.45, 7) is 9.83. The molecule has 25 heavy (non-hydrogen) atoms. The van der Waals surface area contributed by atoms with E-state index >= 15 is 0 Å². The second kappa shape index (κ2) is 4.65. The Morgan fingerprint density at radius 1 is 1.20 bits per heavy atom. The van der Waals surface area contributed by atoms with Gasteiger partial charge in [0, 0.05) is 29.6 Å². The molecule has 3 N–H and O–H groups in total. The first-order valence-electron chi connectivity index (χ1n) is 9.54. The summed E-state index contributed by atoms with van der Waals surface area (Å²) in [6.07, 6.45) is 5.37. The van der Waals surface area contributed by atoms with Gasteiger partial charge in [0.15, 0.2) is 5.78 Å². The van der Waals surface area contributed by atoms with Gasteiger partial charge in [-0.05, 0) is 31.3 Å². The van der Waals surface area contributed by atoms with E-state index in [1.165, 1.54) is 0 Å². The third-order valence-corrected chi connectivity index (χ3v) is 8.17. The maximum Gasteiger partial charge on any atom is 0.190 e. The van der Waals surface area contributed by atoms with Crippen molar-refractivity contribution in [3.63, 3.8) is 0 Å². The number of carbonyl (C=O) groups excluding carboxylic acids is 1. The van der Waals surface area contributed by atoms with Crippen molar-refractivity contribution in [2.75, 3.05) is 0 Å². The lowest BCUT2D eigenvalue weighted by molar-refractivity contribution is -0.177. The molecule has 0 heterocycles. The average Bonchev–Trinajstić information content (AvgIpc) is 2.90. The third-order valence-electron chi connectivity index (χ3n) is 8.17. The van der Waals surface area contributed by atoms with Gasteiger partial charge in [-0.15, -0.1) is 0 Å². The molecule has 138 valence electrons. The molecule has 0 aromatic heterocycles. The Bertz CT molecular complexity index is 719. The van der Waals surface area contributed by atoms with Crippen LogP contribution in [0.4, 0.5) is 0 Å². The predicted octanol–water partition coefficient (Wildman–Crippen LogP) is 2.38. The Balaban J connectivity index is 1.92. The van der Waals surface area contributed by atoms with Crippen LogP contribution in [0, 0.1) is 29.1 Å². The van der Waals surface area contributed by atoms with E-state index in [4.69, 9.17) is 0 Å². The third kappa shape index (κ3) is 1.76. The lowest BCUT2D eigenvalue weighted by Crippen LogP contribution is -2.60. The van der Waals surface area contributed by atoms with Gasteiger partial charge < -0.3 is 15.3 Å². The monoisotopic (exact) mass is 346 g/mol. The normalized spacial score (nSPS) is 53.2. The van der Waals surface area contributed by atoms with E-state index in [1.807, 2.05) is 13.8 Å². The topological polar surface area (TPSA) is 77.8 Å². The van der Waals surface area contributed by atoms with Gasteiger partial charge in [0.2, 0.25) is 0 Å². The van der Waals surface area contributed by atoms with E-state index in [1.54, 1.807) is 13.0 Å². The highest BCUT2D eigenvalue weighted by Gasteiger charge is 2.80. The van der Waals surface area contributed by atoms with Crippen LogP contribution in [0.5, 0.6) is 0 Å². The summed E-state index contributed by atoms with van der Waals surface area (Å²) in [5.41, 5.74) is -2.27. The highest BCUT2D eigenvalue weighted by atomic mass is 16.3. The van der Waals surface area contributed by atoms with E-state index in [2.05, 4.69) is 19.9 Å². The van der Waals surface area contributed by atoms with Gasteiger partial charge in [-0.1, -0.05) is 45.4 Å². The Morgan fingerprint density at radius 2 is 1.84 bits per heavy atom. The Morgan fingerprint density at radius 3 is 2.44 bits per heavy atom. The molecule has 0 aliphatic heterocycles. The van der Waals surface area contributed by atoms with Crippen molar-refractivity contribution in [2.45, 2.75) is 70.7 Å². The molecule has 4 heteroatoms. The molecule has 0 unspecified atom stereocenters. The number of ketones is 1. The van der Waals surface area contributed by atoms with E-state index in [-0.39, 0.29) is 35.4 Å². The van der Waals surface area contributed by atoms with Crippen LogP contribution in [-0.4, -0.2) is 37.9 Å². The van der Waals surface area contributed by atoms with Gasteiger partial charge in [0.25, 0.3) is 0 Å². The maximum absolute atomic E-state index is 12.8. The molecule has 7 atom stereocenters. The van der Waals surface area contributed by atoms with Crippen LogP contribution in [0.15, 0.2) is 23.3 Å². The van der Waals surface area contributed by atoms with Crippen molar-refractivity contribution in [3.8, 4) is 0 Å². The van der Waals surface area contributed by atoms with Gasteiger partial charge in [0.05, 0.1) is 11.2 Å². The number of aliphatic hydroxyl groups is 3. The highest BCUT2D eigenvalue weighted by Crippen LogP contribution is 2.75. The molecule has 0 amide bonds. The molecular weight excluding hydrogens is 316 g/mol. The predicted molar refractivity (Wildman–Crippen MR) is 94.6 cm³/mol. The van der Waals surface area contributed by atoms with Gasteiger partial charge in [-0.2, -0.15) is 0 Å². The second-order valence-corrected chi connectivity index (χ2v) is 9.58. The number of rotatable bonds is 1. The fourth-order valence-electron chi connectivity index (χ4n) is 6.53. The van der Waals surface area contributed by atoms with Crippen LogP contribution in [-0.2, 0) is 4.79 Å². The van der Waals surface area contributed by atoms with E-state index in [9.17, 15) is 20.1 Å². The highest BCUT2D eigenvalue weighted by molar-refractivity contribution is 6.04. The molecule has 0 aromatic carbocycles. The standard InChI is InChI=1S/C21H30O4/c1-6-13-8-14-16-18(4,5)20(16,24)9-12(3)21(14,25)15-7-11(2)17(22)19(15,23)10-13/h7-8,12,14-16,23-25H,6,9-10H2,1-5H3/t12-,14+,15-,16+,19-,20+,21-/m1/s1. The summed E-state index contributed by atoms with van der Waals surface area (Å²) in [4.78, 5) is 12.8. The smallest absolute Gasteiger partial charge is 0.190 e. The number of Topliss-reactive ketones (excluding diaryl/α,β-unsaturated/α-hetero) is 1. The lowest BCUT2D eigenvalue weighted by atomic mass is 9.60. The fraction of sp³-hybridized carbons (Fsp3) is 0.762. The number of carbonyl (C=O) groups is 1. The van der Waals surface area contributed by atoms with Gasteiger partial charge in [-0.3, -0.25) is 4.79 Å². The van der Waals surface area contributed by atoms with Crippen LogP contribution < -0.4 is 0 Å². The molecule has 4 rings (SSSR count). The Labute approximate surface area is 149 Å². The SMILES string of the molecule is CCC1=C[C@H]2[C@H]3C(C)(C)[C@]3(O)C[C@@H](C)[C@]2(O)[C@@H]2C=C(C)C(=O)[C@@]2(O)C1. The minimum atomic E-state index is -1.56. The minimum Gasteiger partial charge on any atom is -0.389 e. The summed E-state index contributed by atoms with van der Waals surface area (Å²) < 4.78 is 0. The van der Waals surface area contributed by atoms with E-state index in [0.717, 1.165) is 12.0 Å². The van der Waals surface area contributed by atoms with Crippen LogP contribution in [0.3, 0.4) is 0 Å². The van der Waals surface area contributed by atoms with Crippen molar-refractivity contribution < 1.29 is 20.1 Å². The molecule has 4 aliphatic rings. The summed E-state index contributed by atoms with van der Waals surface area (Å²) in [7, 11) is 0. The van der Waals surface area contributed by atoms with Crippen molar-refractivity contribution in [2.24, 2.45) is 29.1 Å². The molecule has 2 saturated carbocycles. The zero-order chi connectivity index (χ0) is 18.6. The maximum atomic E-state index is 12.8. The largest absolute Gasteiger partial charge is 0.389 e.